The molecule has 2 heterocycles. The first kappa shape index (κ1) is 17.5. The van der Waals surface area contributed by atoms with Crippen LogP contribution in [0.15, 0.2) is 42.6 Å². The Kier molecular flexibility index (Phi) is 4.79. The quantitative estimate of drug-likeness (QED) is 0.714. The molecule has 6 nitrogen and oxygen atoms in total. The second-order valence-electron chi connectivity index (χ2n) is 7.06. The summed E-state index contributed by atoms with van der Waals surface area (Å²) in [4.78, 5) is 12.9. The number of anilines is 1. The zero-order valence-corrected chi connectivity index (χ0v) is 15.7. The Labute approximate surface area is 158 Å². The van der Waals surface area contributed by atoms with Crippen molar-refractivity contribution in [2.75, 3.05) is 12.4 Å². The van der Waals surface area contributed by atoms with Crippen LogP contribution in [-0.2, 0) is 4.79 Å². The van der Waals surface area contributed by atoms with E-state index in [0.29, 0.717) is 5.92 Å². The Hall–Kier alpha value is -2.89. The molecule has 1 N–H and O–H groups in total. The molecule has 0 saturated heterocycles. The lowest BCUT2D eigenvalue weighted by Gasteiger charge is -2.23. The van der Waals surface area contributed by atoms with Crippen molar-refractivity contribution < 1.29 is 9.53 Å². The fraction of sp³-hybridized carbons (Fsp3) is 0.381. The molecule has 1 aliphatic rings. The van der Waals surface area contributed by atoms with Crippen molar-refractivity contribution in [2.24, 2.45) is 0 Å². The number of fused-ring (bicyclic) bond motifs is 1. The van der Waals surface area contributed by atoms with Gasteiger partial charge in [0.15, 0.2) is 5.65 Å². The lowest BCUT2D eigenvalue weighted by atomic mass is 9.85. The molecular formula is C21H24N4O2. The molecule has 0 spiro atoms. The summed E-state index contributed by atoms with van der Waals surface area (Å²) in [6.45, 7) is 2.02. The summed E-state index contributed by atoms with van der Waals surface area (Å²) in [7, 11) is 1.64. The van der Waals surface area contributed by atoms with Gasteiger partial charge in [-0.3, -0.25) is 9.20 Å². The average molecular weight is 364 g/mol. The minimum atomic E-state index is -0.210. The van der Waals surface area contributed by atoms with E-state index in [0.717, 1.165) is 47.7 Å². The van der Waals surface area contributed by atoms with E-state index in [2.05, 4.69) is 15.5 Å². The first-order valence-corrected chi connectivity index (χ1v) is 9.49. The van der Waals surface area contributed by atoms with Crippen LogP contribution in [0.25, 0.3) is 5.65 Å². The largest absolute Gasteiger partial charge is 0.497 e. The van der Waals surface area contributed by atoms with E-state index < -0.39 is 0 Å². The minimum Gasteiger partial charge on any atom is -0.497 e. The zero-order chi connectivity index (χ0) is 18.8. The molecule has 6 heteroatoms. The monoisotopic (exact) mass is 364 g/mol. The Morgan fingerprint density at radius 3 is 2.63 bits per heavy atom. The summed E-state index contributed by atoms with van der Waals surface area (Å²) in [5, 5.41) is 11.6. The highest BCUT2D eigenvalue weighted by Crippen LogP contribution is 2.35. The molecule has 2 aromatic heterocycles. The number of carbonyl (C=O) groups excluding carboxylic acids is 1. The highest BCUT2D eigenvalue weighted by Gasteiger charge is 2.25. The van der Waals surface area contributed by atoms with Crippen molar-refractivity contribution in [2.45, 2.75) is 44.4 Å². The van der Waals surface area contributed by atoms with Gasteiger partial charge in [-0.1, -0.05) is 25.5 Å². The highest BCUT2D eigenvalue weighted by molar-refractivity contribution is 5.95. The highest BCUT2D eigenvalue weighted by atomic mass is 16.5. The van der Waals surface area contributed by atoms with Gasteiger partial charge in [0.25, 0.3) is 0 Å². The molecular weight excluding hydrogens is 340 g/mol. The summed E-state index contributed by atoms with van der Waals surface area (Å²) < 4.78 is 7.21. The normalized spacial score (nSPS) is 15.3. The average Bonchev–Trinajstić information content (AvgIpc) is 3.04. The SMILES string of the molecule is CCC(C(=O)Nc1ccc2nnc(C3CCC3)n2c1)c1ccc(OC)cc1. The van der Waals surface area contributed by atoms with E-state index in [1.807, 2.05) is 53.9 Å². The number of ether oxygens (including phenoxy) is 1. The van der Waals surface area contributed by atoms with Crippen molar-refractivity contribution in [3.8, 4) is 5.75 Å². The molecule has 1 aliphatic carbocycles. The van der Waals surface area contributed by atoms with Gasteiger partial charge in [0.1, 0.15) is 11.6 Å². The second kappa shape index (κ2) is 7.39. The van der Waals surface area contributed by atoms with Crippen LogP contribution < -0.4 is 10.1 Å². The number of nitrogens with one attached hydrogen (secondary N) is 1. The fourth-order valence-electron chi connectivity index (χ4n) is 3.57. The Morgan fingerprint density at radius 2 is 2.00 bits per heavy atom. The van der Waals surface area contributed by atoms with E-state index >= 15 is 0 Å². The summed E-state index contributed by atoms with van der Waals surface area (Å²) in [6, 6.07) is 11.5. The Bertz CT molecular complexity index is 944. The molecule has 1 amide bonds. The van der Waals surface area contributed by atoms with Crippen molar-refractivity contribution in [3.05, 3.63) is 54.0 Å². The Morgan fingerprint density at radius 1 is 1.22 bits per heavy atom. The topological polar surface area (TPSA) is 68.5 Å². The zero-order valence-electron chi connectivity index (χ0n) is 15.7. The van der Waals surface area contributed by atoms with Gasteiger partial charge < -0.3 is 10.1 Å². The van der Waals surface area contributed by atoms with E-state index in [9.17, 15) is 4.79 Å². The molecule has 0 bridgehead atoms. The summed E-state index contributed by atoms with van der Waals surface area (Å²) >= 11 is 0. The summed E-state index contributed by atoms with van der Waals surface area (Å²) in [6.07, 6.45) is 6.22. The predicted molar refractivity (Wildman–Crippen MR) is 104 cm³/mol. The van der Waals surface area contributed by atoms with Gasteiger partial charge >= 0.3 is 0 Å². The molecule has 1 atom stereocenters. The summed E-state index contributed by atoms with van der Waals surface area (Å²) in [5.41, 5.74) is 2.56. The van der Waals surface area contributed by atoms with E-state index in [1.54, 1.807) is 7.11 Å². The van der Waals surface area contributed by atoms with Gasteiger partial charge in [0.05, 0.1) is 18.7 Å². The Balaban J connectivity index is 1.55. The number of aromatic nitrogens is 3. The first-order valence-electron chi connectivity index (χ1n) is 9.49. The number of benzene rings is 1. The molecule has 0 aliphatic heterocycles. The molecule has 1 unspecified atom stereocenters. The van der Waals surface area contributed by atoms with Gasteiger partial charge in [-0.15, -0.1) is 10.2 Å². The number of nitrogens with zero attached hydrogens (tertiary/aromatic N) is 3. The van der Waals surface area contributed by atoms with Gasteiger partial charge in [0.2, 0.25) is 5.91 Å². The molecule has 1 saturated carbocycles. The lowest BCUT2D eigenvalue weighted by molar-refractivity contribution is -0.117. The molecule has 4 rings (SSSR count). The van der Waals surface area contributed by atoms with Crippen LogP contribution in [0.2, 0.25) is 0 Å². The summed E-state index contributed by atoms with van der Waals surface area (Å²) in [5.74, 6) is 2.04. The predicted octanol–water partition coefficient (Wildman–Crippen LogP) is 4.14. The number of carbonyl (C=O) groups is 1. The van der Waals surface area contributed by atoms with Gasteiger partial charge in [-0.2, -0.15) is 0 Å². The minimum absolute atomic E-state index is 0.0136. The molecule has 0 radical (unpaired) electrons. The fourth-order valence-corrected chi connectivity index (χ4v) is 3.57. The van der Waals surface area contributed by atoms with Crippen molar-refractivity contribution in [1.82, 2.24) is 14.6 Å². The standard InChI is InChI=1S/C21H24N4O2/c1-3-18(14-7-10-17(27-2)11-8-14)21(26)22-16-9-12-19-23-24-20(25(19)13-16)15-5-4-6-15/h7-13,15,18H,3-6H2,1-2H3,(H,22,26). The van der Waals surface area contributed by atoms with Gasteiger partial charge in [0, 0.05) is 12.1 Å². The van der Waals surface area contributed by atoms with E-state index in [4.69, 9.17) is 4.74 Å². The van der Waals surface area contributed by atoms with Crippen LogP contribution >= 0.6 is 0 Å². The van der Waals surface area contributed by atoms with E-state index in [-0.39, 0.29) is 11.8 Å². The van der Waals surface area contributed by atoms with E-state index in [1.165, 1.54) is 6.42 Å². The third-order valence-corrected chi connectivity index (χ3v) is 5.41. The number of hydrogen-bond donors (Lipinski definition) is 1. The maximum absolute atomic E-state index is 12.9. The molecule has 1 aromatic carbocycles. The second-order valence-corrected chi connectivity index (χ2v) is 7.06. The number of amides is 1. The van der Waals surface area contributed by atoms with Crippen LogP contribution in [0, 0.1) is 0 Å². The van der Waals surface area contributed by atoms with Crippen LogP contribution in [0.5, 0.6) is 5.75 Å². The number of rotatable bonds is 6. The molecule has 3 aromatic rings. The lowest BCUT2D eigenvalue weighted by Crippen LogP contribution is -2.21. The van der Waals surface area contributed by atoms with Crippen LogP contribution in [0.3, 0.4) is 0 Å². The van der Waals surface area contributed by atoms with Crippen LogP contribution in [-0.4, -0.2) is 27.6 Å². The number of pyridine rings is 1. The molecule has 1 fully saturated rings. The maximum atomic E-state index is 12.9. The number of hydrogen-bond acceptors (Lipinski definition) is 4. The number of methoxy groups -OCH3 is 1. The molecule has 27 heavy (non-hydrogen) atoms. The third-order valence-electron chi connectivity index (χ3n) is 5.41. The van der Waals surface area contributed by atoms with Crippen LogP contribution in [0.1, 0.15) is 55.8 Å². The third kappa shape index (κ3) is 3.39. The van der Waals surface area contributed by atoms with Crippen LogP contribution in [0.4, 0.5) is 5.69 Å². The van der Waals surface area contributed by atoms with Gasteiger partial charge in [-0.05, 0) is 49.1 Å². The van der Waals surface area contributed by atoms with Crippen molar-refractivity contribution in [1.29, 1.82) is 0 Å². The first-order chi connectivity index (χ1) is 13.2. The van der Waals surface area contributed by atoms with Crippen molar-refractivity contribution in [3.63, 3.8) is 0 Å². The maximum Gasteiger partial charge on any atom is 0.231 e. The van der Waals surface area contributed by atoms with Gasteiger partial charge in [-0.25, -0.2) is 0 Å². The molecule has 140 valence electrons. The van der Waals surface area contributed by atoms with Crippen molar-refractivity contribution >= 4 is 17.2 Å². The smallest absolute Gasteiger partial charge is 0.231 e.